The van der Waals surface area contributed by atoms with Crippen LogP contribution in [0.2, 0.25) is 0 Å². The molecule has 1 N–H and O–H groups in total. The molecular weight excluding hydrogens is 338 g/mol. The number of rotatable bonds is 5. The van der Waals surface area contributed by atoms with Crippen molar-refractivity contribution in [3.05, 3.63) is 77.4 Å². The molecule has 0 aromatic heterocycles. The topological polar surface area (TPSA) is 55.4 Å². The first-order valence-electron chi connectivity index (χ1n) is 9.01. The van der Waals surface area contributed by atoms with Crippen LogP contribution in [-0.4, -0.2) is 18.5 Å². The summed E-state index contributed by atoms with van der Waals surface area (Å²) in [6.45, 7) is 5.77. The number of carbonyl (C=O) groups excluding carboxylic acids is 2. The third-order valence-corrected chi connectivity index (χ3v) is 4.54. The predicted octanol–water partition coefficient (Wildman–Crippen LogP) is 5.07. The minimum Gasteiger partial charge on any atom is -0.452 e. The minimum absolute atomic E-state index is 0.276. The standard InChI is InChI=1S/C23H23NO3/c1-15(2)18-12-6-8-16(3)22(18)24-21(25)14-27-23(26)20-13-7-10-17-9-4-5-11-19(17)20/h4-13,15H,14H2,1-3H3,(H,24,25). The lowest BCUT2D eigenvalue weighted by Gasteiger charge is -2.16. The van der Waals surface area contributed by atoms with Crippen molar-refractivity contribution in [2.45, 2.75) is 26.7 Å². The zero-order valence-corrected chi connectivity index (χ0v) is 15.8. The summed E-state index contributed by atoms with van der Waals surface area (Å²) in [5.74, 6) is -0.575. The van der Waals surface area contributed by atoms with E-state index in [1.807, 2.05) is 55.5 Å². The van der Waals surface area contributed by atoms with Gasteiger partial charge in [0, 0.05) is 5.69 Å². The molecule has 27 heavy (non-hydrogen) atoms. The average molecular weight is 361 g/mol. The van der Waals surface area contributed by atoms with Crippen LogP contribution in [0, 0.1) is 6.92 Å². The SMILES string of the molecule is Cc1cccc(C(C)C)c1NC(=O)COC(=O)c1cccc2ccccc12. The second kappa shape index (κ2) is 8.04. The van der Waals surface area contributed by atoms with E-state index in [0.29, 0.717) is 5.56 Å². The van der Waals surface area contributed by atoms with Crippen LogP contribution in [0.1, 0.15) is 41.3 Å². The molecule has 138 valence electrons. The number of hydrogen-bond acceptors (Lipinski definition) is 3. The number of para-hydroxylation sites is 1. The highest BCUT2D eigenvalue weighted by Crippen LogP contribution is 2.27. The summed E-state index contributed by atoms with van der Waals surface area (Å²) in [5.41, 5.74) is 3.29. The van der Waals surface area contributed by atoms with Crippen LogP contribution in [0.3, 0.4) is 0 Å². The molecule has 0 saturated carbocycles. The van der Waals surface area contributed by atoms with Crippen molar-refractivity contribution in [3.8, 4) is 0 Å². The van der Waals surface area contributed by atoms with Gasteiger partial charge in [-0.05, 0) is 40.8 Å². The van der Waals surface area contributed by atoms with Crippen LogP contribution in [0.15, 0.2) is 60.7 Å². The number of fused-ring (bicyclic) bond motifs is 1. The molecule has 4 heteroatoms. The van der Waals surface area contributed by atoms with Crippen LogP contribution in [0.4, 0.5) is 5.69 Å². The summed E-state index contributed by atoms with van der Waals surface area (Å²) in [5, 5.41) is 4.66. The van der Waals surface area contributed by atoms with Crippen molar-refractivity contribution in [1.82, 2.24) is 0 Å². The second-order valence-corrected chi connectivity index (χ2v) is 6.84. The molecule has 0 bridgehead atoms. The van der Waals surface area contributed by atoms with Gasteiger partial charge in [0.1, 0.15) is 0 Å². The number of amides is 1. The average Bonchev–Trinajstić information content (AvgIpc) is 2.67. The summed E-state index contributed by atoms with van der Waals surface area (Å²) in [6.07, 6.45) is 0. The number of nitrogens with one attached hydrogen (secondary N) is 1. The maximum Gasteiger partial charge on any atom is 0.339 e. The van der Waals surface area contributed by atoms with Gasteiger partial charge in [-0.3, -0.25) is 4.79 Å². The molecule has 0 fully saturated rings. The van der Waals surface area contributed by atoms with Crippen molar-refractivity contribution < 1.29 is 14.3 Å². The van der Waals surface area contributed by atoms with Gasteiger partial charge < -0.3 is 10.1 Å². The summed E-state index contributed by atoms with van der Waals surface area (Å²) >= 11 is 0. The summed E-state index contributed by atoms with van der Waals surface area (Å²) in [6, 6.07) is 19.0. The number of ether oxygens (including phenoxy) is 1. The molecule has 3 rings (SSSR count). The Hall–Kier alpha value is -3.14. The lowest BCUT2D eigenvalue weighted by Crippen LogP contribution is -2.22. The first-order valence-corrected chi connectivity index (χ1v) is 9.01. The molecule has 0 saturated heterocycles. The third-order valence-electron chi connectivity index (χ3n) is 4.54. The molecule has 4 nitrogen and oxygen atoms in total. The maximum atomic E-state index is 12.5. The molecule has 3 aromatic carbocycles. The Bertz CT molecular complexity index is 987. The van der Waals surface area contributed by atoms with Crippen LogP contribution >= 0.6 is 0 Å². The third kappa shape index (κ3) is 4.17. The molecule has 0 aliphatic heterocycles. The van der Waals surface area contributed by atoms with Crippen molar-refractivity contribution >= 4 is 28.3 Å². The van der Waals surface area contributed by atoms with Crippen LogP contribution in [0.25, 0.3) is 10.8 Å². The smallest absolute Gasteiger partial charge is 0.339 e. The molecule has 0 aliphatic carbocycles. The Balaban J connectivity index is 1.70. The number of hydrogen-bond donors (Lipinski definition) is 1. The number of aryl methyl sites for hydroxylation is 1. The van der Waals surface area contributed by atoms with E-state index in [1.165, 1.54) is 0 Å². The highest BCUT2D eigenvalue weighted by molar-refractivity contribution is 6.05. The first-order chi connectivity index (χ1) is 13.0. The lowest BCUT2D eigenvalue weighted by molar-refractivity contribution is -0.119. The first kappa shape index (κ1) is 18.6. The van der Waals surface area contributed by atoms with Gasteiger partial charge in [0.2, 0.25) is 0 Å². The number of anilines is 1. The highest BCUT2D eigenvalue weighted by atomic mass is 16.5. The Labute approximate surface area is 159 Å². The van der Waals surface area contributed by atoms with Crippen LogP contribution in [0.5, 0.6) is 0 Å². The number of benzene rings is 3. The Kier molecular flexibility index (Phi) is 5.55. The van der Waals surface area contributed by atoms with E-state index >= 15 is 0 Å². The molecule has 0 radical (unpaired) electrons. The number of esters is 1. The van der Waals surface area contributed by atoms with Crippen molar-refractivity contribution in [3.63, 3.8) is 0 Å². The van der Waals surface area contributed by atoms with E-state index in [0.717, 1.165) is 27.6 Å². The van der Waals surface area contributed by atoms with Gasteiger partial charge in [0.15, 0.2) is 6.61 Å². The molecule has 0 spiro atoms. The van der Waals surface area contributed by atoms with Gasteiger partial charge in [-0.1, -0.05) is 68.4 Å². The monoisotopic (exact) mass is 361 g/mol. The van der Waals surface area contributed by atoms with Gasteiger partial charge >= 0.3 is 5.97 Å². The molecule has 3 aromatic rings. The summed E-state index contributed by atoms with van der Waals surface area (Å²) in [4.78, 5) is 24.8. The fraction of sp³-hybridized carbons (Fsp3) is 0.217. The van der Waals surface area contributed by atoms with E-state index in [4.69, 9.17) is 4.74 Å². The Morgan fingerprint density at radius 3 is 2.44 bits per heavy atom. The molecule has 1 amide bonds. The Morgan fingerprint density at radius 2 is 1.67 bits per heavy atom. The van der Waals surface area contributed by atoms with Gasteiger partial charge in [0.25, 0.3) is 5.91 Å². The highest BCUT2D eigenvalue weighted by Gasteiger charge is 2.15. The fourth-order valence-electron chi connectivity index (χ4n) is 3.13. The van der Waals surface area contributed by atoms with E-state index in [9.17, 15) is 9.59 Å². The van der Waals surface area contributed by atoms with Gasteiger partial charge in [0.05, 0.1) is 5.56 Å². The van der Waals surface area contributed by atoms with Gasteiger partial charge in [-0.15, -0.1) is 0 Å². The van der Waals surface area contributed by atoms with E-state index in [2.05, 4.69) is 19.2 Å². The van der Waals surface area contributed by atoms with E-state index in [-0.39, 0.29) is 18.4 Å². The van der Waals surface area contributed by atoms with Gasteiger partial charge in [-0.2, -0.15) is 0 Å². The zero-order chi connectivity index (χ0) is 19.4. The van der Waals surface area contributed by atoms with Gasteiger partial charge in [-0.25, -0.2) is 4.79 Å². The summed E-state index contributed by atoms with van der Waals surface area (Å²) in [7, 11) is 0. The van der Waals surface area contributed by atoms with E-state index < -0.39 is 5.97 Å². The van der Waals surface area contributed by atoms with Crippen LogP contribution < -0.4 is 5.32 Å². The lowest BCUT2D eigenvalue weighted by atomic mass is 9.98. The molecular formula is C23H23NO3. The fourth-order valence-corrected chi connectivity index (χ4v) is 3.13. The second-order valence-electron chi connectivity index (χ2n) is 6.84. The van der Waals surface area contributed by atoms with Crippen molar-refractivity contribution in [1.29, 1.82) is 0 Å². The summed E-state index contributed by atoms with van der Waals surface area (Å²) < 4.78 is 5.26. The quantitative estimate of drug-likeness (QED) is 0.646. The molecule has 0 atom stereocenters. The predicted molar refractivity (Wildman–Crippen MR) is 108 cm³/mol. The molecule has 0 aliphatic rings. The molecule has 0 heterocycles. The van der Waals surface area contributed by atoms with E-state index in [1.54, 1.807) is 12.1 Å². The van der Waals surface area contributed by atoms with Crippen molar-refractivity contribution in [2.24, 2.45) is 0 Å². The molecule has 0 unspecified atom stereocenters. The normalized spacial score (nSPS) is 10.8. The maximum absolute atomic E-state index is 12.5. The van der Waals surface area contributed by atoms with Crippen LogP contribution in [-0.2, 0) is 9.53 Å². The minimum atomic E-state index is -0.504. The number of carbonyl (C=O) groups is 2. The largest absolute Gasteiger partial charge is 0.452 e. The van der Waals surface area contributed by atoms with Crippen molar-refractivity contribution in [2.75, 3.05) is 11.9 Å². The zero-order valence-electron chi connectivity index (χ0n) is 15.8. The Morgan fingerprint density at radius 1 is 0.963 bits per heavy atom.